The van der Waals surface area contributed by atoms with E-state index in [9.17, 15) is 26.3 Å². The van der Waals surface area contributed by atoms with Crippen LogP contribution in [0.4, 0.5) is 49.6 Å². The summed E-state index contributed by atoms with van der Waals surface area (Å²) in [6, 6.07) is 5.59. The van der Waals surface area contributed by atoms with E-state index in [2.05, 4.69) is 50.5 Å². The molecule has 0 amide bonds. The van der Waals surface area contributed by atoms with Gasteiger partial charge >= 0.3 is 12.4 Å². The van der Waals surface area contributed by atoms with Crippen molar-refractivity contribution in [2.24, 2.45) is 35.1 Å². The number of nitrogens with zero attached hydrogens (tertiary/aromatic N) is 10. The summed E-state index contributed by atoms with van der Waals surface area (Å²) in [6.07, 6.45) is -1.84. The van der Waals surface area contributed by atoms with Crippen molar-refractivity contribution in [3.8, 4) is 0 Å². The number of aromatic nitrogens is 8. The average Bonchev–Trinajstić information content (AvgIpc) is 3.96. The molecule has 4 fully saturated rings. The molecule has 6 aromatic rings. The minimum atomic E-state index is -4.56. The van der Waals surface area contributed by atoms with Crippen LogP contribution in [0.25, 0.3) is 0 Å². The van der Waals surface area contributed by atoms with Crippen LogP contribution in [-0.2, 0) is 23.2 Å². The molecule has 6 aromatic heterocycles. The van der Waals surface area contributed by atoms with Crippen molar-refractivity contribution in [2.45, 2.75) is 69.7 Å². The zero-order valence-electron chi connectivity index (χ0n) is 35.4. The van der Waals surface area contributed by atoms with Crippen molar-refractivity contribution in [3.05, 3.63) is 92.6 Å². The maximum Gasteiger partial charge on any atom is 0.434 e. The first-order valence-electron chi connectivity index (χ1n) is 20.9. The highest BCUT2D eigenvalue weighted by Crippen LogP contribution is 2.64. The quantitative estimate of drug-likeness (QED) is 0.0979. The van der Waals surface area contributed by atoms with Crippen molar-refractivity contribution in [3.63, 3.8) is 0 Å². The molecule has 0 spiro atoms. The van der Waals surface area contributed by atoms with Gasteiger partial charge in [-0.3, -0.25) is 9.97 Å². The summed E-state index contributed by atoms with van der Waals surface area (Å²) in [6.45, 7) is 8.19. The van der Waals surface area contributed by atoms with Crippen molar-refractivity contribution in [2.75, 3.05) is 60.5 Å². The van der Waals surface area contributed by atoms with Gasteiger partial charge < -0.3 is 32.7 Å². The van der Waals surface area contributed by atoms with E-state index in [1.165, 1.54) is 24.3 Å². The number of halogens is 6. The van der Waals surface area contributed by atoms with Crippen molar-refractivity contribution in [1.82, 2.24) is 39.9 Å². The Morgan fingerprint density at radius 3 is 1.38 bits per heavy atom. The van der Waals surface area contributed by atoms with E-state index in [1.807, 2.05) is 13.8 Å². The Kier molecular flexibility index (Phi) is 12.4. The number of thiazole rings is 2. The summed E-state index contributed by atoms with van der Waals surface area (Å²) in [4.78, 5) is 38.1. The molecule has 0 aromatic carbocycles. The third-order valence-electron chi connectivity index (χ3n) is 13.0. The molecular weight excluding hydrogens is 943 g/mol. The van der Waals surface area contributed by atoms with Crippen LogP contribution in [0.1, 0.15) is 45.6 Å². The Hall–Kier alpha value is -4.88. The monoisotopic (exact) mass is 986 g/mol. The van der Waals surface area contributed by atoms with Crippen molar-refractivity contribution in [1.29, 1.82) is 0 Å². The van der Waals surface area contributed by atoms with Gasteiger partial charge in [0.05, 0.1) is 12.4 Å². The summed E-state index contributed by atoms with van der Waals surface area (Å²) >= 11 is 4.96. The molecule has 6 unspecified atom stereocenters. The largest absolute Gasteiger partial charge is 0.434 e. The van der Waals surface area contributed by atoms with E-state index in [4.69, 9.17) is 32.9 Å². The summed E-state index contributed by atoms with van der Waals surface area (Å²) in [7, 11) is 0. The maximum absolute atomic E-state index is 13.3. The summed E-state index contributed by atoms with van der Waals surface area (Å²) in [5.74, 6) is 3.16. The SMILES string of the molecule is Cc1csc(C2(CN)C3CCN(c4cnc(Sc5cccnc5C(F)(F)F)c(N)n4)CC32)n1.Cc1csc(C2(CN)C3CCN(c4cnc(Sc5cccnc5C(F)(F)F)c(N)n4)CC32)n1. The Labute approximate surface area is 391 Å². The first-order valence-corrected chi connectivity index (χ1v) is 24.3. The molecule has 10 rings (SSSR count). The van der Waals surface area contributed by atoms with Crippen LogP contribution in [0.15, 0.2) is 79.7 Å². The zero-order valence-corrected chi connectivity index (χ0v) is 38.7. The number of fused-ring (bicyclic) bond motifs is 2. The van der Waals surface area contributed by atoms with Crippen LogP contribution in [0.2, 0.25) is 0 Å². The van der Waals surface area contributed by atoms with Gasteiger partial charge in [-0.15, -0.1) is 22.7 Å². The van der Waals surface area contributed by atoms with Gasteiger partial charge in [0, 0.05) is 94.4 Å². The molecular formula is C42H44F6N14S4. The third-order valence-corrected chi connectivity index (χ3v) is 17.4. The Balaban J connectivity index is 0.000000166. The minimum absolute atomic E-state index is 0.0657. The number of alkyl halides is 6. The normalized spacial score (nSPS) is 24.6. The van der Waals surface area contributed by atoms with Crippen LogP contribution in [0.3, 0.4) is 0 Å². The van der Waals surface area contributed by atoms with Gasteiger partial charge in [-0.25, -0.2) is 29.9 Å². The topological polar surface area (TPSA) is 214 Å². The molecule has 0 radical (unpaired) electrons. The number of rotatable bonds is 10. The second-order valence-corrected chi connectivity index (χ2v) is 20.5. The fourth-order valence-corrected chi connectivity index (χ4v) is 13.8. The first-order chi connectivity index (χ1) is 31.5. The molecule has 2 aliphatic carbocycles. The van der Waals surface area contributed by atoms with Crippen LogP contribution < -0.4 is 32.7 Å². The molecule has 14 nitrogen and oxygen atoms in total. The molecule has 66 heavy (non-hydrogen) atoms. The van der Waals surface area contributed by atoms with Gasteiger partial charge in [-0.05, 0) is 74.6 Å². The lowest BCUT2D eigenvalue weighted by Crippen LogP contribution is -2.32. The molecule has 8 N–H and O–H groups in total. The molecule has 348 valence electrons. The predicted molar refractivity (Wildman–Crippen MR) is 242 cm³/mol. The van der Waals surface area contributed by atoms with Crippen LogP contribution in [-0.4, -0.2) is 79.1 Å². The van der Waals surface area contributed by atoms with E-state index >= 15 is 0 Å². The number of hydrogen-bond acceptors (Lipinski definition) is 18. The number of nitrogens with two attached hydrogens (primary N) is 4. The van der Waals surface area contributed by atoms with Crippen LogP contribution >= 0.6 is 46.2 Å². The minimum Gasteiger partial charge on any atom is -0.381 e. The van der Waals surface area contributed by atoms with Gasteiger partial charge in [0.25, 0.3) is 0 Å². The Bertz CT molecular complexity index is 2550. The maximum atomic E-state index is 13.3. The van der Waals surface area contributed by atoms with E-state index in [0.29, 0.717) is 48.4 Å². The molecule has 24 heteroatoms. The lowest BCUT2D eigenvalue weighted by atomic mass is 10.0. The van der Waals surface area contributed by atoms with Crippen molar-refractivity contribution < 1.29 is 26.3 Å². The molecule has 2 saturated heterocycles. The van der Waals surface area contributed by atoms with Gasteiger partial charge in [0.1, 0.15) is 31.7 Å². The molecule has 6 atom stereocenters. The van der Waals surface area contributed by atoms with E-state index in [0.717, 1.165) is 96.3 Å². The molecule has 4 aliphatic rings. The van der Waals surface area contributed by atoms with E-state index < -0.39 is 23.7 Å². The number of pyridine rings is 2. The number of nitrogen functional groups attached to an aromatic ring is 2. The molecule has 2 aliphatic heterocycles. The second kappa shape index (κ2) is 17.6. The van der Waals surface area contributed by atoms with E-state index in [-0.39, 0.29) is 42.3 Å². The Morgan fingerprint density at radius 1 is 0.636 bits per heavy atom. The number of aryl methyl sites for hydroxylation is 2. The van der Waals surface area contributed by atoms with Gasteiger partial charge in [0.15, 0.2) is 23.0 Å². The zero-order chi connectivity index (χ0) is 46.8. The number of hydrogen-bond donors (Lipinski definition) is 4. The third kappa shape index (κ3) is 8.52. The van der Waals surface area contributed by atoms with Gasteiger partial charge in [-0.2, -0.15) is 26.3 Å². The fourth-order valence-electron chi connectivity index (χ4n) is 9.73. The number of anilines is 4. The fraction of sp³-hybridized carbons (Fsp3) is 0.429. The lowest BCUT2D eigenvalue weighted by Gasteiger charge is -2.27. The molecule has 0 bridgehead atoms. The molecule has 8 heterocycles. The summed E-state index contributed by atoms with van der Waals surface area (Å²) in [5.41, 5.74) is 24.6. The highest BCUT2D eigenvalue weighted by Gasteiger charge is 2.68. The van der Waals surface area contributed by atoms with Gasteiger partial charge in [-0.1, -0.05) is 23.5 Å². The Morgan fingerprint density at radius 2 is 1.05 bits per heavy atom. The smallest absolute Gasteiger partial charge is 0.381 e. The van der Waals surface area contributed by atoms with Gasteiger partial charge in [0.2, 0.25) is 0 Å². The van der Waals surface area contributed by atoms with E-state index in [1.54, 1.807) is 35.1 Å². The van der Waals surface area contributed by atoms with Crippen molar-refractivity contribution >= 4 is 69.5 Å². The summed E-state index contributed by atoms with van der Waals surface area (Å²) < 4.78 is 79.5. The highest BCUT2D eigenvalue weighted by atomic mass is 32.2. The standard InChI is InChI=1S/2C21H22F3N7S2/c2*1-11-9-32-19(29-11)20(10-25)12-4-6-31(8-13(12)20)15-7-28-18(17(26)30-15)33-14-3-2-5-27-16(14)21(22,23)24/h2*2-3,5,7,9,12-13H,4,6,8,10,25H2,1H3,(H2,26,30). The first kappa shape index (κ1) is 46.2. The lowest BCUT2D eigenvalue weighted by molar-refractivity contribution is -0.144. The van der Waals surface area contributed by atoms with Crippen LogP contribution in [0.5, 0.6) is 0 Å². The predicted octanol–water partition coefficient (Wildman–Crippen LogP) is 7.48. The van der Waals surface area contributed by atoms with Crippen LogP contribution in [0, 0.1) is 37.5 Å². The average molecular weight is 987 g/mol. The highest BCUT2D eigenvalue weighted by molar-refractivity contribution is 7.99. The number of piperidine rings is 2. The molecule has 2 saturated carbocycles. The second-order valence-electron chi connectivity index (χ2n) is 16.7. The summed E-state index contributed by atoms with van der Waals surface area (Å²) in [5, 5.41) is 6.76.